The van der Waals surface area contributed by atoms with Crippen LogP contribution in [0.3, 0.4) is 0 Å². The predicted molar refractivity (Wildman–Crippen MR) is 117 cm³/mol. The summed E-state index contributed by atoms with van der Waals surface area (Å²) in [5.74, 6) is 3.34. The van der Waals surface area contributed by atoms with Crippen LogP contribution in [0.5, 0.6) is 11.5 Å². The van der Waals surface area contributed by atoms with Crippen molar-refractivity contribution in [2.24, 2.45) is 0 Å². The lowest BCUT2D eigenvalue weighted by Crippen LogP contribution is -2.31. The number of anilines is 1. The monoisotopic (exact) mass is 397 g/mol. The molecule has 0 unspecified atom stereocenters. The number of rotatable bonds is 7. The average Bonchev–Trinajstić information content (AvgIpc) is 3.13. The van der Waals surface area contributed by atoms with Gasteiger partial charge in [0.2, 0.25) is 0 Å². The first-order valence-corrected chi connectivity index (χ1v) is 10.6. The summed E-state index contributed by atoms with van der Waals surface area (Å²) < 4.78 is 11.0. The predicted octanol–water partition coefficient (Wildman–Crippen LogP) is 3.96. The molecule has 156 valence electrons. The van der Waals surface area contributed by atoms with Crippen LogP contribution in [0.1, 0.15) is 38.9 Å². The zero-order valence-corrected chi connectivity index (χ0v) is 17.9. The van der Waals surface area contributed by atoms with E-state index in [2.05, 4.69) is 28.6 Å². The fourth-order valence-corrected chi connectivity index (χ4v) is 4.20. The lowest BCUT2D eigenvalue weighted by molar-refractivity contribution is 0.288. The number of piperidine rings is 1. The van der Waals surface area contributed by atoms with E-state index in [1.165, 1.54) is 19.3 Å². The van der Waals surface area contributed by atoms with E-state index >= 15 is 0 Å². The molecule has 2 aromatic heterocycles. The topological polar surface area (TPSA) is 66.5 Å². The zero-order valence-electron chi connectivity index (χ0n) is 17.9. The molecule has 0 atom stereocenters. The number of aromatic amines is 1. The number of ether oxygens (including phenoxy) is 2. The maximum absolute atomic E-state index is 5.55. The van der Waals surface area contributed by atoms with Gasteiger partial charge in [0.1, 0.15) is 17.3 Å². The van der Waals surface area contributed by atoms with E-state index in [4.69, 9.17) is 19.4 Å². The van der Waals surface area contributed by atoms with Crippen molar-refractivity contribution in [2.75, 3.05) is 45.3 Å². The first-order valence-electron chi connectivity index (χ1n) is 10.6. The minimum atomic E-state index is 0.711. The van der Waals surface area contributed by atoms with Crippen LogP contribution >= 0.6 is 0 Å². The number of nitrogens with one attached hydrogen (secondary N) is 1. The van der Waals surface area contributed by atoms with Gasteiger partial charge in [-0.05, 0) is 38.4 Å². The van der Waals surface area contributed by atoms with Crippen LogP contribution in [-0.4, -0.2) is 60.3 Å². The number of fused-ring (bicyclic) bond motifs is 3. The van der Waals surface area contributed by atoms with Gasteiger partial charge in [0.15, 0.2) is 11.5 Å². The summed E-state index contributed by atoms with van der Waals surface area (Å²) in [5, 5.41) is 2.15. The van der Waals surface area contributed by atoms with Crippen LogP contribution in [0.15, 0.2) is 12.1 Å². The van der Waals surface area contributed by atoms with Gasteiger partial charge in [-0.15, -0.1) is 0 Å². The first-order chi connectivity index (χ1) is 14.2. The van der Waals surface area contributed by atoms with E-state index in [9.17, 15) is 0 Å². The molecular formula is C22H31N5O2. The van der Waals surface area contributed by atoms with Crippen LogP contribution in [0, 0.1) is 0 Å². The minimum absolute atomic E-state index is 0.711. The molecule has 29 heavy (non-hydrogen) atoms. The molecule has 0 saturated carbocycles. The van der Waals surface area contributed by atoms with E-state index in [1.54, 1.807) is 14.2 Å². The quantitative estimate of drug-likeness (QED) is 0.651. The Morgan fingerprint density at radius 3 is 2.34 bits per heavy atom. The van der Waals surface area contributed by atoms with Crippen LogP contribution in [0.2, 0.25) is 0 Å². The van der Waals surface area contributed by atoms with E-state index in [0.29, 0.717) is 5.75 Å². The molecule has 1 aliphatic rings. The maximum atomic E-state index is 5.55. The van der Waals surface area contributed by atoms with Gasteiger partial charge >= 0.3 is 0 Å². The second kappa shape index (κ2) is 8.45. The third-order valence-corrected chi connectivity index (χ3v) is 5.90. The average molecular weight is 398 g/mol. The van der Waals surface area contributed by atoms with Gasteiger partial charge in [-0.3, -0.25) is 4.90 Å². The van der Waals surface area contributed by atoms with Crippen molar-refractivity contribution in [3.05, 3.63) is 18.0 Å². The summed E-state index contributed by atoms with van der Waals surface area (Å²) in [5.41, 5.74) is 1.87. The van der Waals surface area contributed by atoms with Crippen molar-refractivity contribution in [3.63, 3.8) is 0 Å². The Morgan fingerprint density at radius 1 is 1.00 bits per heavy atom. The molecule has 1 N–H and O–H groups in total. The van der Waals surface area contributed by atoms with Gasteiger partial charge in [-0.2, -0.15) is 0 Å². The Bertz CT molecular complexity index is 990. The molecule has 3 aromatic rings. The maximum Gasteiger partial charge on any atom is 0.162 e. The summed E-state index contributed by atoms with van der Waals surface area (Å²) in [4.78, 5) is 18.2. The Morgan fingerprint density at radius 2 is 1.69 bits per heavy atom. The molecule has 0 spiro atoms. The molecule has 0 aliphatic carbocycles. The zero-order chi connectivity index (χ0) is 20.4. The molecule has 0 bridgehead atoms. The van der Waals surface area contributed by atoms with Crippen molar-refractivity contribution in [1.29, 1.82) is 0 Å². The lowest BCUT2D eigenvalue weighted by atomic mass is 10.1. The standard InChI is InChI=1S/C22H31N5O2/c1-5-26(6-2)14-19-24-21-20(22(25-19)27-10-8-7-9-11-27)15-12-17(28-3)18(29-4)13-16(15)23-21/h12-13H,5-11,14H2,1-4H3,(H,23,24,25). The molecule has 1 aromatic carbocycles. The summed E-state index contributed by atoms with van der Waals surface area (Å²) in [7, 11) is 3.33. The highest BCUT2D eigenvalue weighted by molar-refractivity contribution is 6.12. The molecule has 4 rings (SSSR count). The van der Waals surface area contributed by atoms with Gasteiger partial charge < -0.3 is 19.4 Å². The lowest BCUT2D eigenvalue weighted by Gasteiger charge is -2.29. The molecule has 1 aliphatic heterocycles. The highest BCUT2D eigenvalue weighted by atomic mass is 16.5. The van der Waals surface area contributed by atoms with Gasteiger partial charge in [0.05, 0.1) is 31.7 Å². The molecule has 3 heterocycles. The third-order valence-electron chi connectivity index (χ3n) is 5.90. The van der Waals surface area contributed by atoms with Crippen molar-refractivity contribution in [3.8, 4) is 11.5 Å². The molecular weight excluding hydrogens is 366 g/mol. The van der Waals surface area contributed by atoms with E-state index < -0.39 is 0 Å². The summed E-state index contributed by atoms with van der Waals surface area (Å²) in [6.45, 7) is 9.15. The normalized spacial score (nSPS) is 14.9. The van der Waals surface area contributed by atoms with Crippen LogP contribution in [0.25, 0.3) is 21.9 Å². The van der Waals surface area contributed by atoms with E-state index in [-0.39, 0.29) is 0 Å². The number of hydrogen-bond donors (Lipinski definition) is 1. The van der Waals surface area contributed by atoms with Crippen LogP contribution in [0.4, 0.5) is 5.82 Å². The molecule has 0 radical (unpaired) electrons. The Balaban J connectivity index is 1.92. The number of H-pyrrole nitrogens is 1. The third kappa shape index (κ3) is 3.71. The molecule has 0 amide bonds. The van der Waals surface area contributed by atoms with Crippen molar-refractivity contribution in [1.82, 2.24) is 19.9 Å². The van der Waals surface area contributed by atoms with E-state index in [1.807, 2.05) is 12.1 Å². The minimum Gasteiger partial charge on any atom is -0.493 e. The van der Waals surface area contributed by atoms with Gasteiger partial charge in [-0.1, -0.05) is 13.8 Å². The second-order valence-electron chi connectivity index (χ2n) is 7.57. The summed E-state index contributed by atoms with van der Waals surface area (Å²) in [6, 6.07) is 4.02. The Labute approximate surface area is 172 Å². The van der Waals surface area contributed by atoms with Crippen LogP contribution in [-0.2, 0) is 6.54 Å². The smallest absolute Gasteiger partial charge is 0.162 e. The van der Waals surface area contributed by atoms with Gasteiger partial charge in [-0.25, -0.2) is 9.97 Å². The van der Waals surface area contributed by atoms with Gasteiger partial charge in [0, 0.05) is 24.5 Å². The van der Waals surface area contributed by atoms with Crippen LogP contribution < -0.4 is 14.4 Å². The molecule has 7 nitrogen and oxygen atoms in total. The SMILES string of the molecule is CCN(CC)Cc1nc(N2CCCCC2)c2c(n1)[nH]c1cc(OC)c(OC)cc12. The highest BCUT2D eigenvalue weighted by Crippen LogP contribution is 2.39. The van der Waals surface area contributed by atoms with Crippen molar-refractivity contribution in [2.45, 2.75) is 39.7 Å². The Hall–Kier alpha value is -2.54. The highest BCUT2D eigenvalue weighted by Gasteiger charge is 2.22. The first kappa shape index (κ1) is 19.8. The van der Waals surface area contributed by atoms with Crippen molar-refractivity contribution >= 4 is 27.8 Å². The fraction of sp³-hybridized carbons (Fsp3) is 0.545. The van der Waals surface area contributed by atoms with Crippen molar-refractivity contribution < 1.29 is 9.47 Å². The Kier molecular flexibility index (Phi) is 5.76. The second-order valence-corrected chi connectivity index (χ2v) is 7.57. The number of nitrogens with zero attached hydrogens (tertiary/aromatic N) is 4. The van der Waals surface area contributed by atoms with Gasteiger partial charge in [0.25, 0.3) is 0 Å². The summed E-state index contributed by atoms with van der Waals surface area (Å²) >= 11 is 0. The molecule has 1 saturated heterocycles. The van der Waals surface area contributed by atoms with E-state index in [0.717, 1.165) is 72.1 Å². The number of hydrogen-bond acceptors (Lipinski definition) is 6. The summed E-state index contributed by atoms with van der Waals surface area (Å²) in [6.07, 6.45) is 3.70. The molecule has 7 heteroatoms. The molecule has 1 fully saturated rings. The number of aromatic nitrogens is 3. The largest absolute Gasteiger partial charge is 0.493 e. The number of methoxy groups -OCH3 is 2. The number of benzene rings is 1. The fourth-order valence-electron chi connectivity index (χ4n) is 4.20.